The summed E-state index contributed by atoms with van der Waals surface area (Å²) in [5.74, 6) is 0.698. The molecule has 0 fully saturated rings. The van der Waals surface area contributed by atoms with Crippen molar-refractivity contribution < 1.29 is 0 Å². The highest BCUT2D eigenvalue weighted by Gasteiger charge is 2.03. The summed E-state index contributed by atoms with van der Waals surface area (Å²) in [6.07, 6.45) is 2.12. The van der Waals surface area contributed by atoms with Gasteiger partial charge < -0.3 is 10.3 Å². The molecule has 2 N–H and O–H groups in total. The number of nitrogens with zero attached hydrogens (tertiary/aromatic N) is 1. The van der Waals surface area contributed by atoms with Crippen molar-refractivity contribution in [3.8, 4) is 0 Å². The average Bonchev–Trinajstić information content (AvgIpc) is 2.05. The van der Waals surface area contributed by atoms with Gasteiger partial charge in [-0.15, -0.1) is 0 Å². The van der Waals surface area contributed by atoms with Crippen LogP contribution >= 0.6 is 0 Å². The molecule has 12 heavy (non-hydrogen) atoms. The molecule has 0 unspecified atom stereocenters. The lowest BCUT2D eigenvalue weighted by Gasteiger charge is -2.04. The first kappa shape index (κ1) is 8.77. The monoisotopic (exact) mass is 167 g/mol. The second kappa shape index (κ2) is 3.90. The highest BCUT2D eigenvalue weighted by molar-refractivity contribution is 5.41. The van der Waals surface area contributed by atoms with E-state index in [4.69, 9.17) is 0 Å². The Morgan fingerprint density at radius 1 is 1.58 bits per heavy atom. The maximum atomic E-state index is 11.2. The third-order valence-electron chi connectivity index (χ3n) is 1.65. The molecule has 1 aromatic heterocycles. The Morgan fingerprint density at radius 3 is 2.92 bits per heavy atom. The first-order valence-corrected chi connectivity index (χ1v) is 4.10. The number of nitrogens with one attached hydrogen (secondary N) is 2. The molecule has 0 aliphatic rings. The fourth-order valence-corrected chi connectivity index (χ4v) is 1.08. The smallest absolute Gasteiger partial charge is 0.255 e. The van der Waals surface area contributed by atoms with E-state index in [1.54, 1.807) is 0 Å². The molecule has 0 bridgehead atoms. The maximum absolute atomic E-state index is 11.2. The van der Waals surface area contributed by atoms with E-state index >= 15 is 0 Å². The highest BCUT2D eigenvalue weighted by atomic mass is 16.1. The van der Waals surface area contributed by atoms with Crippen LogP contribution in [0, 0.1) is 0 Å². The molecular weight excluding hydrogens is 154 g/mol. The molecule has 4 heteroatoms. The molecule has 0 atom stereocenters. The van der Waals surface area contributed by atoms with Crippen molar-refractivity contribution in [3.05, 3.63) is 22.2 Å². The van der Waals surface area contributed by atoms with Crippen molar-refractivity contribution in [3.63, 3.8) is 0 Å². The van der Waals surface area contributed by atoms with Gasteiger partial charge in [0, 0.05) is 6.54 Å². The van der Waals surface area contributed by atoms with E-state index < -0.39 is 0 Å². The Kier molecular flexibility index (Phi) is 2.85. The van der Waals surface area contributed by atoms with Gasteiger partial charge in [-0.05, 0) is 13.3 Å². The van der Waals surface area contributed by atoms with Crippen molar-refractivity contribution >= 4 is 5.82 Å². The number of aromatic nitrogens is 2. The zero-order chi connectivity index (χ0) is 8.97. The second-order valence-electron chi connectivity index (χ2n) is 2.44. The van der Waals surface area contributed by atoms with Gasteiger partial charge >= 0.3 is 0 Å². The Labute approximate surface area is 71.0 Å². The fraction of sp³-hybridized carbons (Fsp3) is 0.500. The molecule has 0 saturated carbocycles. The summed E-state index contributed by atoms with van der Waals surface area (Å²) in [5, 5.41) is 3.04. The number of anilines is 1. The van der Waals surface area contributed by atoms with Crippen LogP contribution in [0.5, 0.6) is 0 Å². The van der Waals surface area contributed by atoms with Crippen LogP contribution in [0.1, 0.15) is 19.4 Å². The summed E-state index contributed by atoms with van der Waals surface area (Å²) in [6, 6.07) is 0. The van der Waals surface area contributed by atoms with E-state index in [1.165, 1.54) is 6.33 Å². The van der Waals surface area contributed by atoms with Gasteiger partial charge in [-0.1, -0.05) is 6.92 Å². The molecular formula is C8H13N3O. The quantitative estimate of drug-likeness (QED) is 0.699. The summed E-state index contributed by atoms with van der Waals surface area (Å²) in [4.78, 5) is 17.8. The van der Waals surface area contributed by atoms with Gasteiger partial charge in [0.25, 0.3) is 5.56 Å². The van der Waals surface area contributed by atoms with Crippen molar-refractivity contribution in [2.24, 2.45) is 0 Å². The predicted molar refractivity (Wildman–Crippen MR) is 48.4 cm³/mol. The minimum absolute atomic E-state index is 0.0524. The molecule has 1 aromatic rings. The van der Waals surface area contributed by atoms with Crippen molar-refractivity contribution in [2.75, 3.05) is 11.9 Å². The van der Waals surface area contributed by atoms with Gasteiger partial charge in [0.05, 0.1) is 11.9 Å². The molecule has 66 valence electrons. The number of aromatic amines is 1. The van der Waals surface area contributed by atoms with Crippen LogP contribution in [0.4, 0.5) is 5.82 Å². The minimum atomic E-state index is -0.0524. The Bertz CT molecular complexity index is 305. The SMILES string of the molecule is CCNc1nc[nH]c(=O)c1CC. The van der Waals surface area contributed by atoms with Crippen LogP contribution in [0.15, 0.2) is 11.1 Å². The van der Waals surface area contributed by atoms with E-state index in [9.17, 15) is 4.79 Å². The zero-order valence-electron chi connectivity index (χ0n) is 7.35. The summed E-state index contributed by atoms with van der Waals surface area (Å²) < 4.78 is 0. The fourth-order valence-electron chi connectivity index (χ4n) is 1.08. The Hall–Kier alpha value is -1.32. The van der Waals surface area contributed by atoms with Gasteiger partial charge in [0.2, 0.25) is 0 Å². The van der Waals surface area contributed by atoms with Gasteiger partial charge in [-0.3, -0.25) is 4.79 Å². The second-order valence-corrected chi connectivity index (χ2v) is 2.44. The topological polar surface area (TPSA) is 57.8 Å². The van der Waals surface area contributed by atoms with E-state index in [2.05, 4.69) is 15.3 Å². The molecule has 0 amide bonds. The lowest BCUT2D eigenvalue weighted by Crippen LogP contribution is -2.16. The average molecular weight is 167 g/mol. The molecule has 4 nitrogen and oxygen atoms in total. The maximum Gasteiger partial charge on any atom is 0.255 e. The molecule has 0 aliphatic heterocycles. The highest BCUT2D eigenvalue weighted by Crippen LogP contribution is 2.04. The van der Waals surface area contributed by atoms with Crippen molar-refractivity contribution in [1.29, 1.82) is 0 Å². The van der Waals surface area contributed by atoms with Crippen LogP contribution in [-0.2, 0) is 6.42 Å². The molecule has 0 aromatic carbocycles. The van der Waals surface area contributed by atoms with E-state index in [0.29, 0.717) is 12.2 Å². The molecule has 0 spiro atoms. The van der Waals surface area contributed by atoms with Crippen LogP contribution in [0.25, 0.3) is 0 Å². The van der Waals surface area contributed by atoms with Crippen molar-refractivity contribution in [2.45, 2.75) is 20.3 Å². The number of rotatable bonds is 3. The largest absolute Gasteiger partial charge is 0.370 e. The normalized spacial score (nSPS) is 9.83. The van der Waals surface area contributed by atoms with Gasteiger partial charge in [0.15, 0.2) is 0 Å². The van der Waals surface area contributed by atoms with Crippen LogP contribution in [0.3, 0.4) is 0 Å². The minimum Gasteiger partial charge on any atom is -0.370 e. The summed E-state index contributed by atoms with van der Waals surface area (Å²) >= 11 is 0. The molecule has 1 heterocycles. The first-order chi connectivity index (χ1) is 5.79. The molecule has 1 rings (SSSR count). The molecule has 0 saturated heterocycles. The van der Waals surface area contributed by atoms with Crippen LogP contribution in [-0.4, -0.2) is 16.5 Å². The summed E-state index contributed by atoms with van der Waals surface area (Å²) in [6.45, 7) is 4.69. The standard InChI is InChI=1S/C8H13N3O/c1-3-6-7(9-4-2)10-5-11-8(6)12/h5H,3-4H2,1-2H3,(H2,9,10,11,12). The van der Waals surface area contributed by atoms with E-state index in [1.807, 2.05) is 13.8 Å². The summed E-state index contributed by atoms with van der Waals surface area (Å²) in [7, 11) is 0. The van der Waals surface area contributed by atoms with Gasteiger partial charge in [-0.25, -0.2) is 4.98 Å². The van der Waals surface area contributed by atoms with Gasteiger partial charge in [0.1, 0.15) is 5.82 Å². The van der Waals surface area contributed by atoms with Crippen LogP contribution in [0.2, 0.25) is 0 Å². The summed E-state index contributed by atoms with van der Waals surface area (Å²) in [5.41, 5.74) is 0.669. The van der Waals surface area contributed by atoms with Crippen molar-refractivity contribution in [1.82, 2.24) is 9.97 Å². The lowest BCUT2D eigenvalue weighted by molar-refractivity contribution is 0.990. The van der Waals surface area contributed by atoms with Gasteiger partial charge in [-0.2, -0.15) is 0 Å². The van der Waals surface area contributed by atoms with E-state index in [0.717, 1.165) is 12.1 Å². The Morgan fingerprint density at radius 2 is 2.33 bits per heavy atom. The first-order valence-electron chi connectivity index (χ1n) is 4.10. The predicted octanol–water partition coefficient (Wildman–Crippen LogP) is 0.764. The molecule has 0 aliphatic carbocycles. The third-order valence-corrected chi connectivity index (χ3v) is 1.65. The Balaban J connectivity index is 3.09. The zero-order valence-corrected chi connectivity index (χ0v) is 7.35. The number of hydrogen-bond donors (Lipinski definition) is 2. The lowest BCUT2D eigenvalue weighted by atomic mass is 10.2. The molecule has 0 radical (unpaired) electrons. The van der Waals surface area contributed by atoms with Crippen LogP contribution < -0.4 is 10.9 Å². The third kappa shape index (κ3) is 1.64. The number of H-pyrrole nitrogens is 1. The van der Waals surface area contributed by atoms with E-state index in [-0.39, 0.29) is 5.56 Å². The number of hydrogen-bond acceptors (Lipinski definition) is 3.